The van der Waals surface area contributed by atoms with Crippen molar-refractivity contribution in [3.05, 3.63) is 29.1 Å². The Labute approximate surface area is 157 Å². The number of likely N-dealkylation sites (tertiary alicyclic amines) is 1. The SMILES string of the molecule is COc1cc(C=NNc2nc(N)cs2)ccc1OCCN1CCCCC1. The molecule has 1 saturated heterocycles. The van der Waals surface area contributed by atoms with Crippen LogP contribution in [0.5, 0.6) is 11.5 Å². The van der Waals surface area contributed by atoms with Crippen LogP contribution in [0.3, 0.4) is 0 Å². The molecule has 3 N–H and O–H groups in total. The molecule has 7 nitrogen and oxygen atoms in total. The quantitative estimate of drug-likeness (QED) is 0.545. The van der Waals surface area contributed by atoms with Gasteiger partial charge in [0.1, 0.15) is 12.4 Å². The van der Waals surface area contributed by atoms with Crippen molar-refractivity contribution in [2.24, 2.45) is 5.10 Å². The summed E-state index contributed by atoms with van der Waals surface area (Å²) in [5, 5.41) is 6.58. The van der Waals surface area contributed by atoms with Gasteiger partial charge in [0.15, 0.2) is 11.5 Å². The van der Waals surface area contributed by atoms with Gasteiger partial charge in [-0.2, -0.15) is 5.10 Å². The van der Waals surface area contributed by atoms with Gasteiger partial charge in [-0.3, -0.25) is 10.3 Å². The van der Waals surface area contributed by atoms with Crippen molar-refractivity contribution >= 4 is 28.5 Å². The van der Waals surface area contributed by atoms with Gasteiger partial charge in [-0.15, -0.1) is 11.3 Å². The fraction of sp³-hybridized carbons (Fsp3) is 0.444. The Balaban J connectivity index is 1.52. The first-order valence-corrected chi connectivity index (χ1v) is 9.66. The number of benzene rings is 1. The Kier molecular flexibility index (Phi) is 6.68. The number of aromatic nitrogens is 1. The van der Waals surface area contributed by atoms with Gasteiger partial charge in [0.05, 0.1) is 13.3 Å². The van der Waals surface area contributed by atoms with Gasteiger partial charge in [-0.1, -0.05) is 6.42 Å². The van der Waals surface area contributed by atoms with Crippen molar-refractivity contribution in [1.82, 2.24) is 9.88 Å². The number of methoxy groups -OCH3 is 1. The molecule has 1 fully saturated rings. The lowest BCUT2D eigenvalue weighted by atomic mass is 10.1. The number of ether oxygens (including phenoxy) is 2. The van der Waals surface area contributed by atoms with Crippen LogP contribution in [0.2, 0.25) is 0 Å². The van der Waals surface area contributed by atoms with Crippen LogP contribution in [-0.4, -0.2) is 49.4 Å². The van der Waals surface area contributed by atoms with E-state index in [1.54, 1.807) is 18.7 Å². The molecule has 0 saturated carbocycles. The predicted octanol–water partition coefficient (Wildman–Crippen LogP) is 3.04. The Hall–Kier alpha value is -2.32. The largest absolute Gasteiger partial charge is 0.493 e. The second kappa shape index (κ2) is 9.40. The summed E-state index contributed by atoms with van der Waals surface area (Å²) in [6.07, 6.45) is 5.63. The third kappa shape index (κ3) is 5.34. The van der Waals surface area contributed by atoms with Crippen LogP contribution in [0.1, 0.15) is 24.8 Å². The topological polar surface area (TPSA) is 85.0 Å². The average Bonchev–Trinajstić information content (AvgIpc) is 3.08. The first-order chi connectivity index (χ1) is 12.7. The van der Waals surface area contributed by atoms with Crippen LogP contribution in [0.15, 0.2) is 28.7 Å². The van der Waals surface area contributed by atoms with Gasteiger partial charge in [0.2, 0.25) is 5.13 Å². The lowest BCUT2D eigenvalue weighted by Crippen LogP contribution is -2.33. The van der Waals surface area contributed by atoms with Gasteiger partial charge >= 0.3 is 0 Å². The smallest absolute Gasteiger partial charge is 0.205 e. The lowest BCUT2D eigenvalue weighted by molar-refractivity contribution is 0.180. The van der Waals surface area contributed by atoms with Crippen LogP contribution >= 0.6 is 11.3 Å². The zero-order chi connectivity index (χ0) is 18.2. The fourth-order valence-electron chi connectivity index (χ4n) is 2.85. The van der Waals surface area contributed by atoms with Crippen LogP contribution in [0.4, 0.5) is 10.9 Å². The number of rotatable bonds is 8. The molecule has 26 heavy (non-hydrogen) atoms. The highest BCUT2D eigenvalue weighted by Gasteiger charge is 2.11. The molecule has 8 heteroatoms. The fourth-order valence-corrected chi connectivity index (χ4v) is 3.40. The normalized spacial score (nSPS) is 15.3. The Morgan fingerprint density at radius 1 is 1.31 bits per heavy atom. The molecule has 1 aromatic heterocycles. The molecule has 2 heterocycles. The maximum Gasteiger partial charge on any atom is 0.205 e. The molecule has 1 aliphatic heterocycles. The van der Waals surface area contributed by atoms with Gasteiger partial charge in [0.25, 0.3) is 0 Å². The van der Waals surface area contributed by atoms with E-state index in [-0.39, 0.29) is 0 Å². The number of nitrogens with two attached hydrogens (primary N) is 1. The zero-order valence-electron chi connectivity index (χ0n) is 15.0. The van der Waals surface area contributed by atoms with Crippen LogP contribution < -0.4 is 20.6 Å². The van der Waals surface area contributed by atoms with Gasteiger partial charge in [-0.25, -0.2) is 4.98 Å². The maximum atomic E-state index is 5.91. The standard InChI is InChI=1S/C18H25N5O2S/c1-24-16-11-14(12-20-22-18-21-17(19)13-26-18)5-6-15(16)25-10-9-23-7-3-2-4-8-23/h5-6,11-13H,2-4,7-10,19H2,1H3,(H,21,22). The van der Waals surface area contributed by atoms with E-state index in [4.69, 9.17) is 15.2 Å². The molecule has 1 aromatic carbocycles. The molecular formula is C18H25N5O2S. The number of nitrogens with zero attached hydrogens (tertiary/aromatic N) is 3. The van der Waals surface area contributed by atoms with E-state index in [1.165, 1.54) is 43.7 Å². The number of thiazole rings is 1. The lowest BCUT2D eigenvalue weighted by Gasteiger charge is -2.26. The number of hydrazone groups is 1. The summed E-state index contributed by atoms with van der Waals surface area (Å²) in [6.45, 7) is 3.96. The van der Waals surface area contributed by atoms with E-state index in [2.05, 4.69) is 20.4 Å². The van der Waals surface area contributed by atoms with Crippen LogP contribution in [0.25, 0.3) is 0 Å². The summed E-state index contributed by atoms with van der Waals surface area (Å²) < 4.78 is 11.4. The highest BCUT2D eigenvalue weighted by atomic mass is 32.1. The second-order valence-electron chi connectivity index (χ2n) is 6.11. The number of anilines is 2. The predicted molar refractivity (Wildman–Crippen MR) is 107 cm³/mol. The summed E-state index contributed by atoms with van der Waals surface area (Å²) in [4.78, 5) is 6.54. The zero-order valence-corrected chi connectivity index (χ0v) is 15.8. The third-order valence-corrected chi connectivity index (χ3v) is 4.96. The summed E-state index contributed by atoms with van der Waals surface area (Å²) >= 11 is 1.41. The van der Waals surface area contributed by atoms with E-state index in [0.29, 0.717) is 23.3 Å². The van der Waals surface area contributed by atoms with E-state index in [1.807, 2.05) is 18.2 Å². The van der Waals surface area contributed by atoms with E-state index in [0.717, 1.165) is 17.9 Å². The molecule has 0 radical (unpaired) electrons. The molecule has 0 atom stereocenters. The minimum atomic E-state index is 0.487. The molecule has 3 rings (SSSR count). The highest BCUT2D eigenvalue weighted by molar-refractivity contribution is 7.14. The summed E-state index contributed by atoms with van der Waals surface area (Å²) in [5.74, 6) is 1.94. The molecule has 0 aliphatic carbocycles. The highest BCUT2D eigenvalue weighted by Crippen LogP contribution is 2.27. The van der Waals surface area contributed by atoms with Crippen molar-refractivity contribution in [1.29, 1.82) is 0 Å². The Morgan fingerprint density at radius 3 is 2.88 bits per heavy atom. The van der Waals surface area contributed by atoms with Gasteiger partial charge in [-0.05, 0) is 49.7 Å². The van der Waals surface area contributed by atoms with E-state index >= 15 is 0 Å². The minimum absolute atomic E-state index is 0.487. The first kappa shape index (κ1) is 18.5. The second-order valence-corrected chi connectivity index (χ2v) is 6.97. The van der Waals surface area contributed by atoms with Crippen molar-refractivity contribution in [2.45, 2.75) is 19.3 Å². The molecule has 2 aromatic rings. The first-order valence-electron chi connectivity index (χ1n) is 8.78. The Morgan fingerprint density at radius 2 is 2.15 bits per heavy atom. The number of nitrogen functional groups attached to an aromatic ring is 1. The summed E-state index contributed by atoms with van der Waals surface area (Å²) in [5.41, 5.74) is 9.34. The van der Waals surface area contributed by atoms with Gasteiger partial charge in [0, 0.05) is 11.9 Å². The van der Waals surface area contributed by atoms with E-state index < -0.39 is 0 Å². The number of nitrogens with one attached hydrogen (secondary N) is 1. The van der Waals surface area contributed by atoms with Crippen LogP contribution in [0, 0.1) is 0 Å². The number of hydrogen-bond acceptors (Lipinski definition) is 8. The van der Waals surface area contributed by atoms with Crippen molar-refractivity contribution in [2.75, 3.05) is 44.5 Å². The van der Waals surface area contributed by atoms with Crippen molar-refractivity contribution < 1.29 is 9.47 Å². The van der Waals surface area contributed by atoms with Crippen molar-refractivity contribution in [3.63, 3.8) is 0 Å². The third-order valence-electron chi connectivity index (χ3n) is 4.20. The maximum absolute atomic E-state index is 5.91. The van der Waals surface area contributed by atoms with E-state index in [9.17, 15) is 0 Å². The minimum Gasteiger partial charge on any atom is -0.493 e. The van der Waals surface area contributed by atoms with Crippen molar-refractivity contribution in [3.8, 4) is 11.5 Å². The molecule has 0 bridgehead atoms. The summed E-state index contributed by atoms with van der Waals surface area (Å²) in [6, 6.07) is 5.76. The number of piperidine rings is 1. The van der Waals surface area contributed by atoms with Gasteiger partial charge < -0.3 is 15.2 Å². The molecule has 140 valence electrons. The summed E-state index contributed by atoms with van der Waals surface area (Å²) in [7, 11) is 1.64. The molecule has 0 amide bonds. The average molecular weight is 375 g/mol. The molecular weight excluding hydrogens is 350 g/mol. The van der Waals surface area contributed by atoms with Crippen LogP contribution in [-0.2, 0) is 0 Å². The number of hydrogen-bond donors (Lipinski definition) is 2. The Bertz CT molecular complexity index is 728. The monoisotopic (exact) mass is 375 g/mol. The molecule has 0 spiro atoms. The molecule has 1 aliphatic rings. The molecule has 0 unspecified atom stereocenters.